The van der Waals surface area contributed by atoms with Gasteiger partial charge in [0.1, 0.15) is 17.6 Å². The number of nitrogens with zero attached hydrogens (tertiary/aromatic N) is 1. The number of benzene rings is 2. The van der Waals surface area contributed by atoms with Crippen molar-refractivity contribution in [2.75, 3.05) is 20.7 Å². The van der Waals surface area contributed by atoms with Gasteiger partial charge in [0.25, 0.3) is 0 Å². The molecule has 1 N–H and O–H groups in total. The average molecular weight is 453 g/mol. The number of amides is 1. The smallest absolute Gasteiger partial charge is 0.220 e. The van der Waals surface area contributed by atoms with Crippen LogP contribution in [0.15, 0.2) is 65.4 Å². The van der Waals surface area contributed by atoms with Gasteiger partial charge in [0.15, 0.2) is 0 Å². The van der Waals surface area contributed by atoms with Crippen LogP contribution in [0, 0.1) is 0 Å². The molecule has 1 heterocycles. The van der Waals surface area contributed by atoms with Gasteiger partial charge < -0.3 is 14.8 Å². The van der Waals surface area contributed by atoms with Gasteiger partial charge in [-0.1, -0.05) is 30.3 Å². The van der Waals surface area contributed by atoms with E-state index < -0.39 is 0 Å². The second kappa shape index (κ2) is 12.3. The Morgan fingerprint density at radius 3 is 2.69 bits per heavy atom. The van der Waals surface area contributed by atoms with Gasteiger partial charge in [-0.15, -0.1) is 0 Å². The molecule has 1 atom stereocenters. The molecule has 0 fully saturated rings. The first-order valence-corrected chi connectivity index (χ1v) is 11.8. The number of nitrogens with one attached hydrogen (secondary N) is 1. The number of para-hydroxylation sites is 1. The average Bonchev–Trinajstić information content (AvgIpc) is 3.29. The van der Waals surface area contributed by atoms with Crippen molar-refractivity contribution in [1.82, 2.24) is 10.2 Å². The SMILES string of the molecule is COc1ccccc1CCC(=O)NCC(C)Oc1cccc(CN(C)Cc2ccsc2)c1. The van der Waals surface area contributed by atoms with Crippen LogP contribution in [0.25, 0.3) is 0 Å². The van der Waals surface area contributed by atoms with Crippen LogP contribution in [-0.4, -0.2) is 37.6 Å². The third-order valence-electron chi connectivity index (χ3n) is 5.12. The van der Waals surface area contributed by atoms with Crippen LogP contribution in [0.4, 0.5) is 0 Å². The van der Waals surface area contributed by atoms with E-state index in [-0.39, 0.29) is 12.0 Å². The van der Waals surface area contributed by atoms with E-state index in [9.17, 15) is 4.79 Å². The zero-order valence-electron chi connectivity index (χ0n) is 19.0. The Kier molecular flexibility index (Phi) is 9.13. The molecule has 1 amide bonds. The maximum absolute atomic E-state index is 12.3. The molecule has 0 saturated heterocycles. The highest BCUT2D eigenvalue weighted by atomic mass is 32.1. The number of aryl methyl sites for hydroxylation is 1. The number of rotatable bonds is 12. The third-order valence-corrected chi connectivity index (χ3v) is 5.85. The van der Waals surface area contributed by atoms with Crippen molar-refractivity contribution in [1.29, 1.82) is 0 Å². The molecule has 0 spiro atoms. The summed E-state index contributed by atoms with van der Waals surface area (Å²) < 4.78 is 11.4. The molecule has 0 bridgehead atoms. The van der Waals surface area contributed by atoms with Crippen molar-refractivity contribution >= 4 is 17.2 Å². The van der Waals surface area contributed by atoms with Gasteiger partial charge in [-0.25, -0.2) is 0 Å². The summed E-state index contributed by atoms with van der Waals surface area (Å²) in [5, 5.41) is 7.26. The monoisotopic (exact) mass is 452 g/mol. The second-order valence-corrected chi connectivity index (χ2v) is 8.78. The Hall–Kier alpha value is -2.83. The molecule has 1 unspecified atom stereocenters. The van der Waals surface area contributed by atoms with Crippen molar-refractivity contribution < 1.29 is 14.3 Å². The molecule has 0 radical (unpaired) electrons. The van der Waals surface area contributed by atoms with Gasteiger partial charge in [-0.2, -0.15) is 11.3 Å². The van der Waals surface area contributed by atoms with E-state index in [1.165, 1.54) is 11.1 Å². The Labute approximate surface area is 195 Å². The summed E-state index contributed by atoms with van der Waals surface area (Å²) >= 11 is 1.72. The predicted molar refractivity (Wildman–Crippen MR) is 130 cm³/mol. The molecule has 0 aliphatic rings. The van der Waals surface area contributed by atoms with Gasteiger partial charge >= 0.3 is 0 Å². The van der Waals surface area contributed by atoms with E-state index in [2.05, 4.69) is 46.2 Å². The lowest BCUT2D eigenvalue weighted by Gasteiger charge is -2.18. The van der Waals surface area contributed by atoms with Crippen LogP contribution in [0.5, 0.6) is 11.5 Å². The molecular formula is C26H32N2O3S. The van der Waals surface area contributed by atoms with Crippen molar-refractivity contribution in [3.63, 3.8) is 0 Å². The minimum atomic E-state index is -0.121. The zero-order chi connectivity index (χ0) is 22.8. The topological polar surface area (TPSA) is 50.8 Å². The summed E-state index contributed by atoms with van der Waals surface area (Å²) in [6.45, 7) is 4.20. The number of carbonyl (C=O) groups excluding carboxylic acids is 1. The number of thiophene rings is 1. The summed E-state index contributed by atoms with van der Waals surface area (Å²) in [5.41, 5.74) is 3.57. The molecule has 0 aliphatic carbocycles. The highest BCUT2D eigenvalue weighted by molar-refractivity contribution is 7.07. The molecule has 0 aliphatic heterocycles. The Morgan fingerprint density at radius 1 is 1.09 bits per heavy atom. The van der Waals surface area contributed by atoms with Crippen molar-refractivity contribution in [2.24, 2.45) is 0 Å². The fraction of sp³-hybridized carbons (Fsp3) is 0.346. The van der Waals surface area contributed by atoms with Crippen LogP contribution in [0.1, 0.15) is 30.0 Å². The zero-order valence-corrected chi connectivity index (χ0v) is 19.9. The Balaban J connectivity index is 1.41. The lowest BCUT2D eigenvalue weighted by molar-refractivity contribution is -0.121. The minimum absolute atomic E-state index is 0.00941. The maximum atomic E-state index is 12.3. The highest BCUT2D eigenvalue weighted by Gasteiger charge is 2.10. The maximum Gasteiger partial charge on any atom is 0.220 e. The fourth-order valence-electron chi connectivity index (χ4n) is 3.56. The third kappa shape index (κ3) is 7.70. The Bertz CT molecular complexity index is 975. The predicted octanol–water partition coefficient (Wildman–Crippen LogP) is 4.91. The van der Waals surface area contributed by atoms with Gasteiger partial charge in [-0.05, 0) is 72.1 Å². The summed E-state index contributed by atoms with van der Waals surface area (Å²) in [5.74, 6) is 1.65. The number of carbonyl (C=O) groups is 1. The van der Waals surface area contributed by atoms with E-state index in [0.717, 1.165) is 30.2 Å². The molecular weight excluding hydrogens is 420 g/mol. The summed E-state index contributed by atoms with van der Waals surface area (Å²) in [6, 6.07) is 18.1. The minimum Gasteiger partial charge on any atom is -0.496 e. The largest absolute Gasteiger partial charge is 0.496 e. The summed E-state index contributed by atoms with van der Waals surface area (Å²) in [4.78, 5) is 14.6. The number of hydrogen-bond acceptors (Lipinski definition) is 5. The number of ether oxygens (including phenoxy) is 2. The van der Waals surface area contributed by atoms with E-state index in [1.54, 1.807) is 18.4 Å². The van der Waals surface area contributed by atoms with Crippen molar-refractivity contribution in [3.05, 3.63) is 82.0 Å². The van der Waals surface area contributed by atoms with E-state index >= 15 is 0 Å². The highest BCUT2D eigenvalue weighted by Crippen LogP contribution is 2.19. The molecule has 6 heteroatoms. The summed E-state index contributed by atoms with van der Waals surface area (Å²) in [6.07, 6.45) is 0.939. The standard InChI is InChI=1S/C26H32N2O3S/c1-20(16-27-26(29)12-11-23-8-4-5-10-25(23)30-3)31-24-9-6-7-21(15-24)17-28(2)18-22-13-14-32-19-22/h4-10,13-15,19-20H,11-12,16-18H2,1-3H3,(H,27,29). The van der Waals surface area contributed by atoms with Crippen LogP contribution in [0.3, 0.4) is 0 Å². The summed E-state index contributed by atoms with van der Waals surface area (Å²) in [7, 11) is 3.77. The van der Waals surface area contributed by atoms with Gasteiger partial charge in [0.05, 0.1) is 13.7 Å². The normalized spacial score (nSPS) is 11.9. The fourth-order valence-corrected chi connectivity index (χ4v) is 4.22. The number of methoxy groups -OCH3 is 1. The first-order valence-electron chi connectivity index (χ1n) is 10.9. The lowest BCUT2D eigenvalue weighted by atomic mass is 10.1. The van der Waals surface area contributed by atoms with E-state index in [0.29, 0.717) is 19.4 Å². The van der Waals surface area contributed by atoms with Crippen LogP contribution < -0.4 is 14.8 Å². The van der Waals surface area contributed by atoms with Crippen molar-refractivity contribution in [2.45, 2.75) is 39.0 Å². The molecule has 3 aromatic rings. The molecule has 32 heavy (non-hydrogen) atoms. The molecule has 5 nitrogen and oxygen atoms in total. The Morgan fingerprint density at radius 2 is 1.91 bits per heavy atom. The van der Waals surface area contributed by atoms with E-state index in [4.69, 9.17) is 9.47 Å². The molecule has 3 rings (SSSR count). The van der Waals surface area contributed by atoms with E-state index in [1.807, 2.05) is 43.3 Å². The van der Waals surface area contributed by atoms with Gasteiger partial charge in [0, 0.05) is 19.5 Å². The lowest BCUT2D eigenvalue weighted by Crippen LogP contribution is -2.33. The quantitative estimate of drug-likeness (QED) is 0.424. The van der Waals surface area contributed by atoms with Crippen LogP contribution in [-0.2, 0) is 24.3 Å². The van der Waals surface area contributed by atoms with Gasteiger partial charge in [-0.3, -0.25) is 9.69 Å². The molecule has 1 aromatic heterocycles. The number of hydrogen-bond donors (Lipinski definition) is 1. The molecule has 2 aromatic carbocycles. The first kappa shape index (κ1) is 23.8. The van der Waals surface area contributed by atoms with Gasteiger partial charge in [0.2, 0.25) is 5.91 Å². The van der Waals surface area contributed by atoms with Crippen molar-refractivity contribution in [3.8, 4) is 11.5 Å². The van der Waals surface area contributed by atoms with Crippen LogP contribution in [0.2, 0.25) is 0 Å². The molecule has 0 saturated carbocycles. The molecule has 170 valence electrons. The second-order valence-electron chi connectivity index (χ2n) is 8.00. The van der Waals surface area contributed by atoms with Crippen LogP contribution >= 0.6 is 11.3 Å². The first-order chi connectivity index (χ1) is 15.5.